The summed E-state index contributed by atoms with van der Waals surface area (Å²) in [6, 6.07) is 8.54. The van der Waals surface area contributed by atoms with Crippen molar-refractivity contribution >= 4 is 23.4 Å². The lowest BCUT2D eigenvalue weighted by Crippen LogP contribution is -2.16. The molecule has 1 unspecified atom stereocenters. The van der Waals surface area contributed by atoms with Gasteiger partial charge in [0, 0.05) is 10.6 Å². The Labute approximate surface area is 93.8 Å². The van der Waals surface area contributed by atoms with Gasteiger partial charge in [0.1, 0.15) is 5.60 Å². The lowest BCUT2D eigenvalue weighted by Gasteiger charge is -2.07. The Bertz CT molecular complexity index is 306. The van der Waals surface area contributed by atoms with Gasteiger partial charge in [0.05, 0.1) is 12.5 Å². The van der Waals surface area contributed by atoms with Crippen LogP contribution in [0.5, 0.6) is 0 Å². The van der Waals surface area contributed by atoms with Crippen LogP contribution in [-0.2, 0) is 4.74 Å². The summed E-state index contributed by atoms with van der Waals surface area (Å²) in [5, 5.41) is 0. The number of epoxide rings is 1. The quantitative estimate of drug-likeness (QED) is 0.446. The third-order valence-electron chi connectivity index (χ3n) is 2.32. The number of alkyl halides is 1. The number of benzene rings is 1. The number of hydrogen-bond donors (Lipinski definition) is 0. The van der Waals surface area contributed by atoms with Crippen LogP contribution in [-0.4, -0.2) is 23.8 Å². The van der Waals surface area contributed by atoms with Crippen LogP contribution in [0.1, 0.15) is 5.56 Å². The zero-order valence-corrected chi connectivity index (χ0v) is 9.70. The monoisotopic (exact) mass is 228 g/mol. The van der Waals surface area contributed by atoms with Gasteiger partial charge in [-0.05, 0) is 19.1 Å². The molecule has 0 amide bonds. The van der Waals surface area contributed by atoms with Gasteiger partial charge in [-0.3, -0.25) is 0 Å². The summed E-state index contributed by atoms with van der Waals surface area (Å²) in [4.78, 5) is 1.29. The Hall–Kier alpha value is -0.180. The van der Waals surface area contributed by atoms with E-state index in [4.69, 9.17) is 16.3 Å². The van der Waals surface area contributed by atoms with Crippen molar-refractivity contribution in [2.24, 2.45) is 0 Å². The number of rotatable bonds is 4. The largest absolute Gasteiger partial charge is 0.367 e. The summed E-state index contributed by atoms with van der Waals surface area (Å²) in [6.07, 6.45) is 0. The molecule has 1 aromatic rings. The molecule has 0 bridgehead atoms. The van der Waals surface area contributed by atoms with Crippen LogP contribution in [0.25, 0.3) is 0 Å². The van der Waals surface area contributed by atoms with Crippen molar-refractivity contribution in [3.63, 3.8) is 0 Å². The molecule has 0 saturated carbocycles. The van der Waals surface area contributed by atoms with Gasteiger partial charge in [0.2, 0.25) is 0 Å². The summed E-state index contributed by atoms with van der Waals surface area (Å²) >= 11 is 7.62. The van der Waals surface area contributed by atoms with E-state index in [1.807, 2.05) is 11.8 Å². The molecule has 76 valence electrons. The maximum Gasteiger partial charge on any atom is 0.114 e. The highest BCUT2D eigenvalue weighted by Gasteiger charge is 2.43. The Morgan fingerprint density at radius 1 is 1.43 bits per heavy atom. The molecule has 0 radical (unpaired) electrons. The van der Waals surface area contributed by atoms with Crippen LogP contribution >= 0.6 is 23.4 Å². The molecule has 14 heavy (non-hydrogen) atoms. The Kier molecular flexibility index (Phi) is 3.05. The average Bonchev–Trinajstić information content (AvgIpc) is 2.98. The zero-order valence-electron chi connectivity index (χ0n) is 8.13. The first kappa shape index (κ1) is 10.3. The van der Waals surface area contributed by atoms with Gasteiger partial charge in [-0.1, -0.05) is 17.7 Å². The third-order valence-corrected chi connectivity index (χ3v) is 4.08. The van der Waals surface area contributed by atoms with Gasteiger partial charge in [0.25, 0.3) is 0 Å². The van der Waals surface area contributed by atoms with E-state index in [0.717, 1.165) is 12.4 Å². The summed E-state index contributed by atoms with van der Waals surface area (Å²) < 4.78 is 5.34. The van der Waals surface area contributed by atoms with Gasteiger partial charge < -0.3 is 4.74 Å². The van der Waals surface area contributed by atoms with Crippen LogP contribution in [0, 0.1) is 6.92 Å². The molecule has 1 heterocycles. The van der Waals surface area contributed by atoms with Crippen LogP contribution in [0.3, 0.4) is 0 Å². The van der Waals surface area contributed by atoms with Crippen molar-refractivity contribution in [2.45, 2.75) is 17.4 Å². The van der Waals surface area contributed by atoms with Crippen molar-refractivity contribution < 1.29 is 4.74 Å². The zero-order chi connectivity index (χ0) is 10.0. The van der Waals surface area contributed by atoms with E-state index in [1.54, 1.807) is 0 Å². The first-order chi connectivity index (χ1) is 6.74. The van der Waals surface area contributed by atoms with Gasteiger partial charge >= 0.3 is 0 Å². The van der Waals surface area contributed by atoms with Crippen LogP contribution in [0.2, 0.25) is 0 Å². The molecule has 1 aliphatic heterocycles. The topological polar surface area (TPSA) is 12.5 Å². The smallest absolute Gasteiger partial charge is 0.114 e. The molecule has 1 aliphatic rings. The fourth-order valence-corrected chi connectivity index (χ4v) is 2.54. The van der Waals surface area contributed by atoms with Crippen molar-refractivity contribution in [3.05, 3.63) is 29.8 Å². The minimum Gasteiger partial charge on any atom is -0.367 e. The van der Waals surface area contributed by atoms with Crippen LogP contribution in [0.15, 0.2) is 29.2 Å². The molecule has 2 rings (SSSR count). The Balaban J connectivity index is 1.89. The summed E-state index contributed by atoms with van der Waals surface area (Å²) in [7, 11) is 0. The number of halogens is 1. The van der Waals surface area contributed by atoms with Crippen molar-refractivity contribution in [2.75, 3.05) is 18.2 Å². The molecule has 0 aliphatic carbocycles. The third kappa shape index (κ3) is 2.44. The van der Waals surface area contributed by atoms with Crippen LogP contribution in [0.4, 0.5) is 0 Å². The van der Waals surface area contributed by atoms with Crippen molar-refractivity contribution in [1.29, 1.82) is 0 Å². The lowest BCUT2D eigenvalue weighted by atomic mass is 10.2. The molecule has 1 nitrogen and oxygen atoms in total. The van der Waals surface area contributed by atoms with E-state index in [-0.39, 0.29) is 5.60 Å². The van der Waals surface area contributed by atoms with E-state index in [2.05, 4.69) is 31.2 Å². The predicted octanol–water partition coefficient (Wildman–Crippen LogP) is 3.09. The minimum absolute atomic E-state index is 0.0306. The van der Waals surface area contributed by atoms with Gasteiger partial charge in [-0.25, -0.2) is 0 Å². The van der Waals surface area contributed by atoms with E-state index in [0.29, 0.717) is 5.88 Å². The second-order valence-electron chi connectivity index (χ2n) is 3.71. The molecule has 1 atom stereocenters. The van der Waals surface area contributed by atoms with Gasteiger partial charge in [0.15, 0.2) is 0 Å². The molecule has 1 aromatic carbocycles. The maximum absolute atomic E-state index is 5.81. The average molecular weight is 229 g/mol. The lowest BCUT2D eigenvalue weighted by molar-refractivity contribution is 0.351. The molecule has 3 heteroatoms. The number of aryl methyl sites for hydroxylation is 1. The highest BCUT2D eigenvalue weighted by Crippen LogP contribution is 2.34. The fourth-order valence-electron chi connectivity index (χ4n) is 1.15. The molecular formula is C11H13ClOS. The first-order valence-corrected chi connectivity index (χ1v) is 6.16. The minimum atomic E-state index is -0.0306. The molecular weight excluding hydrogens is 216 g/mol. The van der Waals surface area contributed by atoms with E-state index >= 15 is 0 Å². The highest BCUT2D eigenvalue weighted by atomic mass is 35.5. The number of hydrogen-bond acceptors (Lipinski definition) is 2. The van der Waals surface area contributed by atoms with Crippen molar-refractivity contribution in [3.8, 4) is 0 Å². The normalized spacial score (nSPS) is 25.0. The number of ether oxygens (including phenoxy) is 1. The fraction of sp³-hybridized carbons (Fsp3) is 0.455. The highest BCUT2D eigenvalue weighted by molar-refractivity contribution is 7.99. The van der Waals surface area contributed by atoms with Crippen LogP contribution < -0.4 is 0 Å². The molecule has 0 N–H and O–H groups in total. The predicted molar refractivity (Wildman–Crippen MR) is 61.3 cm³/mol. The standard InChI is InChI=1S/C11H13ClOS/c1-9-2-4-10(5-3-9)14-8-11(6-12)7-13-11/h2-5H,6-8H2,1H3. The Morgan fingerprint density at radius 2 is 2.07 bits per heavy atom. The first-order valence-electron chi connectivity index (χ1n) is 4.63. The summed E-state index contributed by atoms with van der Waals surface area (Å²) in [6.45, 7) is 2.91. The maximum atomic E-state index is 5.81. The van der Waals surface area contributed by atoms with E-state index < -0.39 is 0 Å². The van der Waals surface area contributed by atoms with Crippen molar-refractivity contribution in [1.82, 2.24) is 0 Å². The Morgan fingerprint density at radius 3 is 2.57 bits per heavy atom. The molecule has 1 fully saturated rings. The SMILES string of the molecule is Cc1ccc(SCC2(CCl)CO2)cc1. The second kappa shape index (κ2) is 4.13. The summed E-state index contributed by atoms with van der Waals surface area (Å²) in [5.41, 5.74) is 1.26. The van der Waals surface area contributed by atoms with Gasteiger partial charge in [-0.2, -0.15) is 0 Å². The second-order valence-corrected chi connectivity index (χ2v) is 5.02. The molecule has 1 saturated heterocycles. The number of thioether (sulfide) groups is 1. The summed E-state index contributed by atoms with van der Waals surface area (Å²) in [5.74, 6) is 1.56. The van der Waals surface area contributed by atoms with E-state index in [1.165, 1.54) is 10.5 Å². The molecule has 0 spiro atoms. The molecule has 0 aromatic heterocycles. The van der Waals surface area contributed by atoms with E-state index in [9.17, 15) is 0 Å². The van der Waals surface area contributed by atoms with Gasteiger partial charge in [-0.15, -0.1) is 23.4 Å².